The molecule has 0 aromatic heterocycles. The van der Waals surface area contributed by atoms with Gasteiger partial charge in [-0.05, 0) is 0 Å². The zero-order valence-corrected chi connectivity index (χ0v) is 21.8. The fraction of sp³-hybridized carbons (Fsp3) is 1.00. The number of hydrogen-bond donors (Lipinski definition) is 0. The van der Waals surface area contributed by atoms with Gasteiger partial charge in [0, 0.05) is 0 Å². The normalized spacial score (nSPS) is 13.0. The zero-order chi connectivity index (χ0) is 20.1. The van der Waals surface area contributed by atoms with E-state index in [1.807, 2.05) is 0 Å². The monoisotopic (exact) mass is 418 g/mol. The average Bonchev–Trinajstić information content (AvgIpc) is 2.65. The van der Waals surface area contributed by atoms with Gasteiger partial charge in [-0.1, -0.05) is 51.9 Å². The van der Waals surface area contributed by atoms with Crippen LogP contribution < -0.4 is 0 Å². The minimum absolute atomic E-state index is 0.828. The van der Waals surface area contributed by atoms with Crippen molar-refractivity contribution < 1.29 is 0 Å². The van der Waals surface area contributed by atoms with Gasteiger partial charge in [-0.3, -0.25) is 0 Å². The number of unbranched alkanes of at least 4 members (excludes halogenated alkanes) is 17. The Labute approximate surface area is 176 Å². The maximum atomic E-state index is 2.61. The van der Waals surface area contributed by atoms with E-state index >= 15 is 0 Å². The summed E-state index contributed by atoms with van der Waals surface area (Å²) >= 11 is 0. The van der Waals surface area contributed by atoms with E-state index in [2.05, 4.69) is 26.9 Å². The fourth-order valence-corrected chi connectivity index (χ4v) is 9.26. The maximum absolute atomic E-state index is 2.61. The summed E-state index contributed by atoms with van der Waals surface area (Å²) in [4.78, 5) is 0. The molecule has 1 atom stereocenters. The van der Waals surface area contributed by atoms with Crippen LogP contribution in [0.15, 0.2) is 0 Å². The molecule has 2 heteroatoms. The van der Waals surface area contributed by atoms with E-state index in [4.69, 9.17) is 0 Å². The summed E-state index contributed by atoms with van der Waals surface area (Å²) < 4.78 is 0. The van der Waals surface area contributed by atoms with E-state index in [1.54, 1.807) is 12.3 Å². The Bertz CT molecular complexity index is 275. The second-order valence-corrected chi connectivity index (χ2v) is 16.3. The van der Waals surface area contributed by atoms with Gasteiger partial charge in [0.05, 0.1) is 0 Å². The average molecular weight is 419 g/mol. The molecule has 0 saturated carbocycles. The molecular formula is C25H56P2. The summed E-state index contributed by atoms with van der Waals surface area (Å²) in [6, 6.07) is 0. The van der Waals surface area contributed by atoms with Crippen molar-refractivity contribution in [2.24, 2.45) is 0 Å². The molecule has 0 aliphatic rings. The second kappa shape index (κ2) is 21.6. The van der Waals surface area contributed by atoms with Crippen LogP contribution in [0.2, 0.25) is 0 Å². The third-order valence-corrected chi connectivity index (χ3v) is 10.8. The quantitative estimate of drug-likeness (QED) is 0.121. The van der Waals surface area contributed by atoms with Gasteiger partial charge in [0.15, 0.2) is 0 Å². The van der Waals surface area contributed by atoms with Crippen molar-refractivity contribution in [1.29, 1.82) is 0 Å². The first kappa shape index (κ1) is 27.9. The predicted molar refractivity (Wildman–Crippen MR) is 138 cm³/mol. The Balaban J connectivity index is 3.13. The molecule has 0 nitrogen and oxygen atoms in total. The van der Waals surface area contributed by atoms with Crippen LogP contribution in [0.4, 0.5) is 0 Å². The fourth-order valence-electron chi connectivity index (χ4n) is 4.09. The first-order valence-corrected chi connectivity index (χ1v) is 17.9. The van der Waals surface area contributed by atoms with Gasteiger partial charge in [0.1, 0.15) is 0 Å². The van der Waals surface area contributed by atoms with E-state index in [9.17, 15) is 0 Å². The van der Waals surface area contributed by atoms with Gasteiger partial charge >= 0.3 is 125 Å². The molecule has 0 aliphatic heterocycles. The van der Waals surface area contributed by atoms with Crippen LogP contribution in [-0.4, -0.2) is 38.5 Å². The van der Waals surface area contributed by atoms with Crippen molar-refractivity contribution >= 4 is 15.8 Å². The summed E-state index contributed by atoms with van der Waals surface area (Å²) in [6.45, 7) is 9.89. The Kier molecular flexibility index (Phi) is 22.3. The van der Waals surface area contributed by atoms with Crippen LogP contribution in [0.25, 0.3) is 0 Å². The molecule has 0 saturated heterocycles. The summed E-state index contributed by atoms with van der Waals surface area (Å²) in [5.41, 5.74) is 0. The third-order valence-electron chi connectivity index (χ3n) is 6.26. The molecule has 0 spiro atoms. The van der Waals surface area contributed by atoms with E-state index in [1.165, 1.54) is 130 Å². The van der Waals surface area contributed by atoms with E-state index in [0.717, 1.165) is 0 Å². The predicted octanol–water partition coefficient (Wildman–Crippen LogP) is 9.35. The Hall–Kier alpha value is 0.860. The third kappa shape index (κ3) is 23.0. The molecule has 0 aromatic rings. The summed E-state index contributed by atoms with van der Waals surface area (Å²) in [7, 11) is 0.342. The van der Waals surface area contributed by atoms with Gasteiger partial charge in [-0.25, -0.2) is 0 Å². The summed E-state index contributed by atoms with van der Waals surface area (Å²) in [5.74, 6) is 0. The van der Waals surface area contributed by atoms with Crippen LogP contribution in [0.3, 0.4) is 0 Å². The van der Waals surface area contributed by atoms with E-state index in [0.29, 0.717) is 0 Å². The molecule has 0 rings (SSSR count). The van der Waals surface area contributed by atoms with Crippen molar-refractivity contribution in [3.63, 3.8) is 0 Å². The molecule has 166 valence electrons. The standard InChI is InChI=1S/C25H56P2/c1-5-6-7-8-9-10-11-12-13-14-15-16-17-18-19-20-21-22-24-27(3,4)25-23-26-2/h26-27H,5-25H2,1-4H3. The van der Waals surface area contributed by atoms with Crippen LogP contribution in [0, 0.1) is 0 Å². The van der Waals surface area contributed by atoms with Crippen molar-refractivity contribution in [2.45, 2.75) is 122 Å². The van der Waals surface area contributed by atoms with E-state index in [-0.39, 0.29) is 0 Å². The van der Waals surface area contributed by atoms with Crippen molar-refractivity contribution in [2.75, 3.05) is 38.5 Å². The first-order valence-electron chi connectivity index (χ1n) is 12.8. The zero-order valence-electron chi connectivity index (χ0n) is 19.8. The Morgan fingerprint density at radius 1 is 0.481 bits per heavy atom. The molecule has 0 heterocycles. The molecule has 1 unspecified atom stereocenters. The van der Waals surface area contributed by atoms with Gasteiger partial charge in [-0.2, -0.15) is 0 Å². The van der Waals surface area contributed by atoms with Crippen molar-refractivity contribution in [3.05, 3.63) is 0 Å². The molecule has 0 bridgehead atoms. The summed E-state index contributed by atoms with van der Waals surface area (Å²) in [6.07, 6.45) is 31.4. The van der Waals surface area contributed by atoms with Crippen molar-refractivity contribution in [3.8, 4) is 0 Å². The van der Waals surface area contributed by atoms with E-state index < -0.39 is 7.26 Å². The number of hydrogen-bond acceptors (Lipinski definition) is 0. The Morgan fingerprint density at radius 3 is 1.15 bits per heavy atom. The molecule has 0 N–H and O–H groups in total. The van der Waals surface area contributed by atoms with Gasteiger partial charge in [-0.15, -0.1) is 0 Å². The molecule has 27 heavy (non-hydrogen) atoms. The topological polar surface area (TPSA) is 0 Å². The van der Waals surface area contributed by atoms with Gasteiger partial charge < -0.3 is 0 Å². The minimum atomic E-state index is -0.828. The van der Waals surface area contributed by atoms with Crippen LogP contribution in [-0.2, 0) is 0 Å². The van der Waals surface area contributed by atoms with Crippen LogP contribution in [0.5, 0.6) is 0 Å². The SMILES string of the molecule is CCCCCCCCCCCCCCCCCCCC[PH](C)(C)CCPC. The van der Waals surface area contributed by atoms with Gasteiger partial charge in [0.25, 0.3) is 0 Å². The number of rotatable bonds is 22. The van der Waals surface area contributed by atoms with Gasteiger partial charge in [0.2, 0.25) is 0 Å². The molecule has 0 aliphatic carbocycles. The molecule has 0 aromatic carbocycles. The summed E-state index contributed by atoms with van der Waals surface area (Å²) in [5, 5.41) is 0. The first-order chi connectivity index (χ1) is 13.1. The van der Waals surface area contributed by atoms with Crippen LogP contribution in [0.1, 0.15) is 122 Å². The molecule has 0 radical (unpaired) electrons. The Morgan fingerprint density at radius 2 is 0.815 bits per heavy atom. The molecule has 0 fully saturated rings. The molecule has 0 amide bonds. The van der Waals surface area contributed by atoms with Crippen molar-refractivity contribution in [1.82, 2.24) is 0 Å². The second-order valence-electron chi connectivity index (χ2n) is 9.78. The van der Waals surface area contributed by atoms with Crippen LogP contribution >= 0.6 is 15.8 Å². The molecular weight excluding hydrogens is 362 g/mol.